The summed E-state index contributed by atoms with van der Waals surface area (Å²) in [6.45, 7) is 2.21. The summed E-state index contributed by atoms with van der Waals surface area (Å²) in [6, 6.07) is 9.89. The first-order valence-corrected chi connectivity index (χ1v) is 25.5. The van der Waals surface area contributed by atoms with E-state index in [1.54, 1.807) is 0 Å². The standard InChI is InChI=1S/C25H21F6N3O3S.C24H20F6N4O3S/c1-14-20(28)11-22(34(14)38(36,37)19-5-3-17(26)4-6-19)23(35)7-2-15-8-16(10-18(27)9-15)21-12-33-24(13-32-21)25(29,30)31;1-13-20(27)9-21(34(13)38(36,37)18-5-3-17(25)4-6-18)22(35)31-10-15-8-14(2-7-19(15)26)16-11-32-23(33-12-16)24(28,29)30/h3-6,8-10,12-14,20,22H,2,7,11H2,1H3;2-8,11-13,20-21H,9-10H2,1H3,(H,31,35)/t14-,20+,22-;13-,20+,21-/m00/s1. The molecule has 76 heavy (non-hydrogen) atoms. The van der Waals surface area contributed by atoms with Gasteiger partial charge in [-0.2, -0.15) is 35.0 Å². The van der Waals surface area contributed by atoms with Crippen molar-refractivity contribution in [2.75, 3.05) is 0 Å². The van der Waals surface area contributed by atoms with Gasteiger partial charge in [0, 0.05) is 54.9 Å². The summed E-state index contributed by atoms with van der Waals surface area (Å²) in [4.78, 5) is 38.9. The smallest absolute Gasteiger partial charge is 0.351 e. The molecule has 0 aliphatic carbocycles. The molecule has 0 saturated carbocycles. The fourth-order valence-electron chi connectivity index (χ4n) is 8.45. The van der Waals surface area contributed by atoms with Crippen molar-refractivity contribution < 1.29 is 79.1 Å². The maximum Gasteiger partial charge on any atom is 0.451 e. The zero-order chi connectivity index (χ0) is 55.7. The first kappa shape index (κ1) is 56.9. The molecular weight excluding hydrogens is 1070 g/mol. The van der Waals surface area contributed by atoms with Crippen molar-refractivity contribution in [1.29, 1.82) is 0 Å². The fourth-order valence-corrected chi connectivity index (χ4v) is 12.1. The van der Waals surface area contributed by atoms with Crippen LogP contribution in [0.4, 0.5) is 52.7 Å². The van der Waals surface area contributed by atoms with Crippen LogP contribution in [0.15, 0.2) is 120 Å². The van der Waals surface area contributed by atoms with E-state index >= 15 is 0 Å². The van der Waals surface area contributed by atoms with Gasteiger partial charge in [0.2, 0.25) is 31.8 Å². The maximum atomic E-state index is 14.6. The molecule has 6 atom stereocenters. The van der Waals surface area contributed by atoms with Gasteiger partial charge in [0.1, 0.15) is 41.7 Å². The molecule has 2 saturated heterocycles. The van der Waals surface area contributed by atoms with Crippen LogP contribution in [-0.2, 0) is 55.0 Å². The number of nitrogens with one attached hydrogen (secondary N) is 1. The van der Waals surface area contributed by atoms with Crippen LogP contribution in [0, 0.1) is 23.3 Å². The second-order valence-corrected chi connectivity index (χ2v) is 21.2. The maximum absolute atomic E-state index is 14.6. The van der Waals surface area contributed by atoms with Crippen LogP contribution < -0.4 is 5.32 Å². The van der Waals surface area contributed by atoms with E-state index in [1.165, 1.54) is 32.0 Å². The Bertz CT molecular complexity index is 3300. The highest BCUT2D eigenvalue weighted by atomic mass is 32.2. The summed E-state index contributed by atoms with van der Waals surface area (Å²) in [6.07, 6.45) is -10.6. The number of benzene rings is 4. The van der Waals surface area contributed by atoms with Crippen LogP contribution in [0.3, 0.4) is 0 Å². The minimum atomic E-state index is -4.73. The van der Waals surface area contributed by atoms with Crippen LogP contribution in [0.2, 0.25) is 0 Å². The van der Waals surface area contributed by atoms with E-state index in [0.29, 0.717) is 16.1 Å². The predicted molar refractivity (Wildman–Crippen MR) is 246 cm³/mol. The molecule has 0 unspecified atom stereocenters. The Kier molecular flexibility index (Phi) is 16.8. The zero-order valence-corrected chi connectivity index (χ0v) is 41.0. The molecule has 2 aliphatic rings. The summed E-state index contributed by atoms with van der Waals surface area (Å²) in [7, 11) is -8.71. The number of hydrogen-bond donors (Lipinski definition) is 1. The second-order valence-electron chi connectivity index (χ2n) is 17.5. The Morgan fingerprint density at radius 3 is 1.66 bits per heavy atom. The van der Waals surface area contributed by atoms with E-state index in [0.717, 1.165) is 89.6 Å². The molecule has 0 radical (unpaired) electrons. The van der Waals surface area contributed by atoms with Gasteiger partial charge in [0.05, 0.1) is 46.0 Å². The van der Waals surface area contributed by atoms with Crippen LogP contribution >= 0.6 is 0 Å². The third-order valence-electron chi connectivity index (χ3n) is 12.4. The van der Waals surface area contributed by atoms with Crippen molar-refractivity contribution in [3.63, 3.8) is 0 Å². The molecule has 13 nitrogen and oxygen atoms in total. The Balaban J connectivity index is 0.000000221. The van der Waals surface area contributed by atoms with Gasteiger partial charge in [0.15, 0.2) is 11.5 Å². The highest BCUT2D eigenvalue weighted by molar-refractivity contribution is 7.89. The number of sulfonamides is 2. The Morgan fingerprint density at radius 2 is 1.14 bits per heavy atom. The lowest BCUT2D eigenvalue weighted by atomic mass is 10.00. The molecule has 1 amide bonds. The molecule has 2 aliphatic heterocycles. The van der Waals surface area contributed by atoms with E-state index in [2.05, 4.69) is 25.3 Å². The molecule has 8 rings (SSSR count). The topological polar surface area (TPSA) is 172 Å². The number of carbonyl (C=O) groups excluding carboxylic acids is 2. The van der Waals surface area contributed by atoms with E-state index < -0.39 is 128 Å². The average molecular weight is 1120 g/mol. The van der Waals surface area contributed by atoms with Crippen molar-refractivity contribution >= 4 is 31.7 Å². The molecule has 0 bridgehead atoms. The van der Waals surface area contributed by atoms with Gasteiger partial charge in [-0.05, 0) is 110 Å². The summed E-state index contributed by atoms with van der Waals surface area (Å²) in [5.74, 6) is -5.64. The highest BCUT2D eigenvalue weighted by Crippen LogP contribution is 2.36. The number of aryl methyl sites for hydroxylation is 1. The first-order valence-electron chi connectivity index (χ1n) is 22.6. The van der Waals surface area contributed by atoms with Crippen LogP contribution in [0.5, 0.6) is 0 Å². The van der Waals surface area contributed by atoms with Crippen molar-refractivity contribution in [2.45, 2.75) is 105 Å². The van der Waals surface area contributed by atoms with Crippen molar-refractivity contribution in [1.82, 2.24) is 33.9 Å². The van der Waals surface area contributed by atoms with E-state index in [9.17, 15) is 79.1 Å². The fraction of sp³-hybridized carbons (Fsp3) is 0.306. The molecule has 4 heterocycles. The van der Waals surface area contributed by atoms with Gasteiger partial charge in [-0.15, -0.1) is 0 Å². The molecular formula is C49H41F12N7O6S2. The number of hydrogen-bond acceptors (Lipinski definition) is 10. The number of alkyl halides is 8. The molecule has 2 fully saturated rings. The van der Waals surface area contributed by atoms with E-state index in [1.807, 2.05) is 0 Å². The van der Waals surface area contributed by atoms with Crippen LogP contribution in [0.25, 0.3) is 22.4 Å². The monoisotopic (exact) mass is 1120 g/mol. The lowest BCUT2D eigenvalue weighted by Crippen LogP contribution is -2.48. The number of carbonyl (C=O) groups is 2. The summed E-state index contributed by atoms with van der Waals surface area (Å²) < 4.78 is 215. The Labute approximate surface area is 426 Å². The van der Waals surface area contributed by atoms with Gasteiger partial charge in [-0.25, -0.2) is 58.1 Å². The Morgan fingerprint density at radius 1 is 0.605 bits per heavy atom. The first-order chi connectivity index (χ1) is 35.6. The van der Waals surface area contributed by atoms with Crippen molar-refractivity contribution in [3.05, 3.63) is 156 Å². The summed E-state index contributed by atoms with van der Waals surface area (Å²) >= 11 is 0. The minimum Gasteiger partial charge on any atom is -0.351 e. The quantitative estimate of drug-likeness (QED) is 0.110. The summed E-state index contributed by atoms with van der Waals surface area (Å²) in [5.41, 5.74) is -0.438. The zero-order valence-electron chi connectivity index (χ0n) is 39.4. The van der Waals surface area contributed by atoms with Crippen LogP contribution in [-0.4, -0.2) is 93.6 Å². The number of rotatable bonds is 13. The van der Waals surface area contributed by atoms with E-state index in [-0.39, 0.29) is 57.0 Å². The third-order valence-corrected chi connectivity index (χ3v) is 16.4. The lowest BCUT2D eigenvalue weighted by Gasteiger charge is -2.27. The summed E-state index contributed by atoms with van der Waals surface area (Å²) in [5, 5.41) is 2.40. The number of halogens is 12. The molecule has 0 spiro atoms. The van der Waals surface area contributed by atoms with Crippen LogP contribution in [0.1, 0.15) is 55.8 Å². The molecule has 1 N–H and O–H groups in total. The van der Waals surface area contributed by atoms with Crippen molar-refractivity contribution in [2.24, 2.45) is 0 Å². The highest BCUT2D eigenvalue weighted by Gasteiger charge is 2.50. The third kappa shape index (κ3) is 12.7. The van der Waals surface area contributed by atoms with Gasteiger partial charge in [-0.1, -0.05) is 6.07 Å². The minimum absolute atomic E-state index is 0.0217. The average Bonchev–Trinajstić information content (AvgIpc) is 3.86. The predicted octanol–water partition coefficient (Wildman–Crippen LogP) is 9.38. The largest absolute Gasteiger partial charge is 0.451 e. The Hall–Kier alpha value is -6.84. The molecule has 6 aromatic rings. The molecule has 4 aromatic carbocycles. The van der Waals surface area contributed by atoms with Crippen molar-refractivity contribution in [3.8, 4) is 22.4 Å². The molecule has 404 valence electrons. The normalized spacial score (nSPS) is 20.5. The molecule has 2 aromatic heterocycles. The van der Waals surface area contributed by atoms with Gasteiger partial charge in [-0.3, -0.25) is 14.6 Å². The number of aromatic nitrogens is 4. The molecule has 27 heteroatoms. The van der Waals surface area contributed by atoms with Gasteiger partial charge < -0.3 is 5.32 Å². The van der Waals surface area contributed by atoms with Gasteiger partial charge in [0.25, 0.3) is 0 Å². The number of amides is 1. The lowest BCUT2D eigenvalue weighted by molar-refractivity contribution is -0.145. The van der Waals surface area contributed by atoms with E-state index in [4.69, 9.17) is 0 Å². The number of Topliss-reactive ketones (excluding diaryl/α,β-unsaturated/α-hetero) is 1. The number of nitrogens with zero attached hydrogens (tertiary/aromatic N) is 6. The SMILES string of the molecule is C[C@H]1[C@H](F)C[C@@H](C(=O)CCc2cc(F)cc(-c3cnc(C(F)(F)F)cn3)c2)N1S(=O)(=O)c1ccc(F)cc1.C[C@H]1[C@H](F)C[C@@H](C(=O)NCc2cc(-c3cnc(C(F)(F)F)nc3)ccc2F)N1S(=O)(=O)c1ccc(F)cc1. The number of ketones is 1. The van der Waals surface area contributed by atoms with Gasteiger partial charge >= 0.3 is 12.4 Å². The second kappa shape index (κ2) is 22.4.